The molecule has 0 aliphatic carbocycles. The van der Waals surface area contributed by atoms with Crippen LogP contribution in [0.25, 0.3) is 11.1 Å². The molecular weight excluding hydrogens is 372 g/mol. The Balaban J connectivity index is 1.63. The van der Waals surface area contributed by atoms with Crippen LogP contribution in [0.15, 0.2) is 66.7 Å². The van der Waals surface area contributed by atoms with E-state index >= 15 is 0 Å². The van der Waals surface area contributed by atoms with Crippen LogP contribution in [0.1, 0.15) is 26.2 Å². The number of rotatable bonds is 10. The summed E-state index contributed by atoms with van der Waals surface area (Å²) in [6, 6.07) is 17.1. The lowest BCUT2D eigenvalue weighted by Gasteiger charge is -2.07. The molecular formula is C23H24O6. The Hall–Kier alpha value is -3.41. The molecule has 0 heterocycles. The molecule has 0 spiro atoms. The number of benzene rings is 2. The Labute approximate surface area is 170 Å². The Bertz CT molecular complexity index is 839. The van der Waals surface area contributed by atoms with E-state index in [0.29, 0.717) is 12.2 Å². The Morgan fingerprint density at radius 2 is 1.38 bits per heavy atom. The standard InChI is InChI=1S/C23H24O6/c1-17(2)23(26)28-16-15-27-21(24)9-6-10-22(25)29-20-13-11-19(12-14-20)18-7-4-3-5-8-18/h3-5,7-8,11-14H,1,6,9-10,15-16H2,2H3. The van der Waals surface area contributed by atoms with Crippen LogP contribution in [0.2, 0.25) is 0 Å². The zero-order chi connectivity index (χ0) is 21.1. The van der Waals surface area contributed by atoms with Crippen molar-refractivity contribution in [2.75, 3.05) is 13.2 Å². The van der Waals surface area contributed by atoms with E-state index in [1.54, 1.807) is 12.1 Å². The summed E-state index contributed by atoms with van der Waals surface area (Å²) < 4.78 is 15.0. The van der Waals surface area contributed by atoms with Crippen LogP contribution in [0.5, 0.6) is 5.75 Å². The van der Waals surface area contributed by atoms with Gasteiger partial charge in [-0.25, -0.2) is 4.79 Å². The van der Waals surface area contributed by atoms with Gasteiger partial charge in [-0.3, -0.25) is 9.59 Å². The Morgan fingerprint density at radius 1 is 0.793 bits per heavy atom. The molecule has 29 heavy (non-hydrogen) atoms. The van der Waals surface area contributed by atoms with E-state index in [-0.39, 0.29) is 31.6 Å². The number of hydrogen-bond acceptors (Lipinski definition) is 6. The van der Waals surface area contributed by atoms with E-state index in [9.17, 15) is 14.4 Å². The van der Waals surface area contributed by atoms with Crippen LogP contribution in [-0.2, 0) is 23.9 Å². The molecule has 0 saturated heterocycles. The molecule has 0 atom stereocenters. The average molecular weight is 396 g/mol. The van der Waals surface area contributed by atoms with Gasteiger partial charge in [0.25, 0.3) is 0 Å². The Kier molecular flexibility index (Phi) is 8.63. The van der Waals surface area contributed by atoms with Gasteiger partial charge in [0, 0.05) is 18.4 Å². The number of carbonyl (C=O) groups excluding carboxylic acids is 3. The quantitative estimate of drug-likeness (QED) is 0.260. The molecule has 0 saturated carbocycles. The van der Waals surface area contributed by atoms with Crippen molar-refractivity contribution in [3.05, 3.63) is 66.7 Å². The summed E-state index contributed by atoms with van der Waals surface area (Å²) in [7, 11) is 0. The van der Waals surface area contributed by atoms with Crippen molar-refractivity contribution in [1.82, 2.24) is 0 Å². The lowest BCUT2D eigenvalue weighted by molar-refractivity contribution is -0.150. The van der Waals surface area contributed by atoms with Crippen molar-refractivity contribution in [3.63, 3.8) is 0 Å². The molecule has 0 fully saturated rings. The van der Waals surface area contributed by atoms with Gasteiger partial charge >= 0.3 is 17.9 Å². The van der Waals surface area contributed by atoms with Gasteiger partial charge in [0.2, 0.25) is 0 Å². The summed E-state index contributed by atoms with van der Waals surface area (Å²) in [6.07, 6.45) is 0.488. The predicted octanol–water partition coefficient (Wildman–Crippen LogP) is 4.09. The van der Waals surface area contributed by atoms with Crippen molar-refractivity contribution >= 4 is 17.9 Å². The van der Waals surface area contributed by atoms with E-state index in [1.807, 2.05) is 42.5 Å². The first-order chi connectivity index (χ1) is 14.0. The highest BCUT2D eigenvalue weighted by molar-refractivity contribution is 5.86. The number of hydrogen-bond donors (Lipinski definition) is 0. The summed E-state index contributed by atoms with van der Waals surface area (Å²) in [6.45, 7) is 4.92. The lowest BCUT2D eigenvalue weighted by atomic mass is 10.1. The summed E-state index contributed by atoms with van der Waals surface area (Å²) in [5.74, 6) is -0.950. The molecule has 0 amide bonds. The first-order valence-corrected chi connectivity index (χ1v) is 9.30. The molecule has 152 valence electrons. The molecule has 0 aliphatic heterocycles. The highest BCUT2D eigenvalue weighted by Gasteiger charge is 2.09. The largest absolute Gasteiger partial charge is 0.462 e. The van der Waals surface area contributed by atoms with Crippen molar-refractivity contribution in [3.8, 4) is 16.9 Å². The van der Waals surface area contributed by atoms with Crippen molar-refractivity contribution in [2.45, 2.75) is 26.2 Å². The van der Waals surface area contributed by atoms with E-state index < -0.39 is 17.9 Å². The molecule has 0 bridgehead atoms. The fraction of sp³-hybridized carbons (Fsp3) is 0.261. The number of carbonyl (C=O) groups is 3. The molecule has 0 aliphatic rings. The zero-order valence-corrected chi connectivity index (χ0v) is 16.4. The molecule has 0 N–H and O–H groups in total. The Morgan fingerprint density at radius 3 is 2.03 bits per heavy atom. The summed E-state index contributed by atoms with van der Waals surface area (Å²) >= 11 is 0. The van der Waals surface area contributed by atoms with Crippen molar-refractivity contribution < 1.29 is 28.6 Å². The fourth-order valence-electron chi connectivity index (χ4n) is 2.39. The second-order valence-electron chi connectivity index (χ2n) is 6.35. The molecule has 0 aromatic heterocycles. The van der Waals surface area contributed by atoms with Gasteiger partial charge in [0.1, 0.15) is 19.0 Å². The van der Waals surface area contributed by atoms with Gasteiger partial charge in [0.05, 0.1) is 0 Å². The zero-order valence-electron chi connectivity index (χ0n) is 16.4. The predicted molar refractivity (Wildman–Crippen MR) is 108 cm³/mol. The highest BCUT2D eigenvalue weighted by atomic mass is 16.6. The maximum Gasteiger partial charge on any atom is 0.333 e. The van der Waals surface area contributed by atoms with E-state index in [2.05, 4.69) is 6.58 Å². The minimum absolute atomic E-state index is 0.0293. The van der Waals surface area contributed by atoms with Crippen LogP contribution >= 0.6 is 0 Å². The molecule has 2 aromatic carbocycles. The molecule has 0 unspecified atom stereocenters. The van der Waals surface area contributed by atoms with Crippen LogP contribution in [0.4, 0.5) is 0 Å². The van der Waals surface area contributed by atoms with Gasteiger partial charge in [-0.1, -0.05) is 49.0 Å². The molecule has 2 aromatic rings. The van der Waals surface area contributed by atoms with E-state index in [1.165, 1.54) is 6.92 Å². The van der Waals surface area contributed by atoms with Gasteiger partial charge < -0.3 is 14.2 Å². The van der Waals surface area contributed by atoms with E-state index in [4.69, 9.17) is 14.2 Å². The molecule has 0 radical (unpaired) electrons. The van der Waals surface area contributed by atoms with E-state index in [0.717, 1.165) is 11.1 Å². The van der Waals surface area contributed by atoms with Crippen molar-refractivity contribution in [2.24, 2.45) is 0 Å². The third kappa shape index (κ3) is 8.01. The topological polar surface area (TPSA) is 78.9 Å². The van der Waals surface area contributed by atoms with Gasteiger partial charge in [-0.05, 0) is 36.6 Å². The number of esters is 3. The maximum absolute atomic E-state index is 11.9. The second kappa shape index (κ2) is 11.4. The number of ether oxygens (including phenoxy) is 3. The summed E-state index contributed by atoms with van der Waals surface area (Å²) in [5.41, 5.74) is 2.39. The minimum atomic E-state index is -0.527. The molecule has 6 heteroatoms. The summed E-state index contributed by atoms with van der Waals surface area (Å²) in [4.78, 5) is 34.7. The average Bonchev–Trinajstić information content (AvgIpc) is 2.72. The normalized spacial score (nSPS) is 10.1. The van der Waals surface area contributed by atoms with Crippen LogP contribution < -0.4 is 4.74 Å². The fourth-order valence-corrected chi connectivity index (χ4v) is 2.39. The van der Waals surface area contributed by atoms with Crippen LogP contribution in [0, 0.1) is 0 Å². The highest BCUT2D eigenvalue weighted by Crippen LogP contribution is 2.22. The lowest BCUT2D eigenvalue weighted by Crippen LogP contribution is -2.14. The monoisotopic (exact) mass is 396 g/mol. The third-order valence-electron chi connectivity index (χ3n) is 3.88. The first-order valence-electron chi connectivity index (χ1n) is 9.30. The SMILES string of the molecule is C=C(C)C(=O)OCCOC(=O)CCCC(=O)Oc1ccc(-c2ccccc2)cc1. The van der Waals surface area contributed by atoms with Gasteiger partial charge in [-0.15, -0.1) is 0 Å². The first kappa shape index (κ1) is 21.9. The third-order valence-corrected chi connectivity index (χ3v) is 3.88. The minimum Gasteiger partial charge on any atom is -0.462 e. The smallest absolute Gasteiger partial charge is 0.333 e. The van der Waals surface area contributed by atoms with Crippen LogP contribution in [0.3, 0.4) is 0 Å². The van der Waals surface area contributed by atoms with Gasteiger partial charge in [0.15, 0.2) is 0 Å². The second-order valence-corrected chi connectivity index (χ2v) is 6.35. The maximum atomic E-state index is 11.9. The van der Waals surface area contributed by atoms with Crippen molar-refractivity contribution in [1.29, 1.82) is 0 Å². The van der Waals surface area contributed by atoms with Crippen LogP contribution in [-0.4, -0.2) is 31.1 Å². The van der Waals surface area contributed by atoms with Gasteiger partial charge in [-0.2, -0.15) is 0 Å². The molecule has 2 rings (SSSR count). The summed E-state index contributed by atoms with van der Waals surface area (Å²) in [5, 5.41) is 0. The molecule has 6 nitrogen and oxygen atoms in total.